The first-order valence-electron chi connectivity index (χ1n) is 14.2. The van der Waals surface area contributed by atoms with Crippen LogP contribution in [-0.4, -0.2) is 79.0 Å². The zero-order valence-electron chi connectivity index (χ0n) is 24.7. The Morgan fingerprint density at radius 2 is 1.71 bits per heavy atom. The summed E-state index contributed by atoms with van der Waals surface area (Å²) in [5.74, 6) is 0.0261. The highest BCUT2D eigenvalue weighted by Gasteiger charge is 2.34. The number of hydrogen-bond acceptors (Lipinski definition) is 6. The SMILES string of the molecule is CC1c2c(Br)cccc2CCN1C(=O)c1ccc(-n2cc(CN3[C@H](C)CN(C(=O)OC(C)(C)C)C[C@@H]3C)nn2)cc1. The first kappa shape index (κ1) is 29.3. The summed E-state index contributed by atoms with van der Waals surface area (Å²) < 4.78 is 8.37. The van der Waals surface area contributed by atoms with Crippen molar-refractivity contribution in [3.63, 3.8) is 0 Å². The van der Waals surface area contributed by atoms with E-state index >= 15 is 0 Å². The third-order valence-electron chi connectivity index (χ3n) is 7.93. The molecule has 0 spiro atoms. The van der Waals surface area contributed by atoms with Crippen molar-refractivity contribution >= 4 is 27.9 Å². The Bertz CT molecular complexity index is 1400. The first-order chi connectivity index (χ1) is 19.4. The van der Waals surface area contributed by atoms with E-state index in [0.29, 0.717) is 31.7 Å². The molecule has 9 nitrogen and oxygen atoms in total. The average molecular weight is 624 g/mol. The van der Waals surface area contributed by atoms with Gasteiger partial charge in [0.1, 0.15) is 5.60 Å². The maximum atomic E-state index is 13.4. The molecule has 3 heterocycles. The van der Waals surface area contributed by atoms with Gasteiger partial charge in [0.2, 0.25) is 0 Å². The first-order valence-corrected chi connectivity index (χ1v) is 15.0. The van der Waals surface area contributed by atoms with E-state index in [1.165, 1.54) is 11.1 Å². The molecular weight excluding hydrogens is 584 g/mol. The minimum Gasteiger partial charge on any atom is -0.444 e. The van der Waals surface area contributed by atoms with Crippen LogP contribution < -0.4 is 0 Å². The number of halogens is 1. The minimum atomic E-state index is -0.514. The average Bonchev–Trinajstić information content (AvgIpc) is 3.38. The third kappa shape index (κ3) is 6.33. The van der Waals surface area contributed by atoms with E-state index < -0.39 is 5.60 Å². The van der Waals surface area contributed by atoms with Crippen LogP contribution in [0, 0.1) is 0 Å². The Morgan fingerprint density at radius 3 is 2.37 bits per heavy atom. The summed E-state index contributed by atoms with van der Waals surface area (Å²) in [4.78, 5) is 32.1. The smallest absolute Gasteiger partial charge is 0.410 e. The summed E-state index contributed by atoms with van der Waals surface area (Å²) in [6.45, 7) is 14.5. The zero-order chi connectivity index (χ0) is 29.5. The lowest BCUT2D eigenvalue weighted by Gasteiger charge is -2.44. The number of fused-ring (bicyclic) bond motifs is 1. The molecule has 0 saturated carbocycles. The lowest BCUT2D eigenvalue weighted by molar-refractivity contribution is -0.00997. The van der Waals surface area contributed by atoms with Gasteiger partial charge in [0.05, 0.1) is 23.6 Å². The minimum absolute atomic E-state index is 0.00448. The van der Waals surface area contributed by atoms with Crippen LogP contribution in [-0.2, 0) is 17.7 Å². The van der Waals surface area contributed by atoms with Crippen LogP contribution >= 0.6 is 15.9 Å². The van der Waals surface area contributed by atoms with Gasteiger partial charge >= 0.3 is 6.09 Å². The number of piperazine rings is 1. The fourth-order valence-corrected chi connectivity index (χ4v) is 6.62. The van der Waals surface area contributed by atoms with Crippen LogP contribution in [0.3, 0.4) is 0 Å². The highest BCUT2D eigenvalue weighted by Crippen LogP contribution is 2.35. The summed E-state index contributed by atoms with van der Waals surface area (Å²) in [6, 6.07) is 14.1. The summed E-state index contributed by atoms with van der Waals surface area (Å²) in [5, 5.41) is 8.77. The molecule has 1 saturated heterocycles. The van der Waals surface area contributed by atoms with Crippen molar-refractivity contribution in [3.8, 4) is 5.69 Å². The highest BCUT2D eigenvalue weighted by molar-refractivity contribution is 9.10. The van der Waals surface area contributed by atoms with E-state index in [0.717, 1.165) is 22.3 Å². The zero-order valence-corrected chi connectivity index (χ0v) is 26.3. The predicted molar refractivity (Wildman–Crippen MR) is 161 cm³/mol. The van der Waals surface area contributed by atoms with Gasteiger partial charge in [-0.05, 0) is 89.4 Å². The molecule has 2 aliphatic rings. The molecule has 1 fully saturated rings. The van der Waals surface area contributed by atoms with Gasteiger partial charge in [0.15, 0.2) is 0 Å². The molecule has 2 aliphatic heterocycles. The lowest BCUT2D eigenvalue weighted by Crippen LogP contribution is -2.58. The molecule has 10 heteroatoms. The van der Waals surface area contributed by atoms with Gasteiger partial charge in [-0.15, -0.1) is 5.10 Å². The molecule has 2 aromatic carbocycles. The topological polar surface area (TPSA) is 83.8 Å². The largest absolute Gasteiger partial charge is 0.444 e. The molecule has 41 heavy (non-hydrogen) atoms. The maximum Gasteiger partial charge on any atom is 0.410 e. The van der Waals surface area contributed by atoms with E-state index in [4.69, 9.17) is 4.74 Å². The van der Waals surface area contributed by atoms with Crippen molar-refractivity contribution in [2.75, 3.05) is 19.6 Å². The van der Waals surface area contributed by atoms with Gasteiger partial charge in [-0.2, -0.15) is 0 Å². The molecule has 0 bridgehead atoms. The number of hydrogen-bond donors (Lipinski definition) is 0. The fourth-order valence-electron chi connectivity index (χ4n) is 5.89. The Labute approximate surface area is 250 Å². The molecule has 1 aromatic heterocycles. The van der Waals surface area contributed by atoms with Gasteiger partial charge in [0.25, 0.3) is 5.91 Å². The van der Waals surface area contributed by atoms with E-state index in [1.807, 2.05) is 62.2 Å². The number of nitrogens with zero attached hydrogens (tertiary/aromatic N) is 6. The summed E-state index contributed by atoms with van der Waals surface area (Å²) in [5.41, 5.74) is 4.31. The Balaban J connectivity index is 1.22. The van der Waals surface area contributed by atoms with Crippen LogP contribution in [0.2, 0.25) is 0 Å². The molecule has 5 rings (SSSR count). The fraction of sp³-hybridized carbons (Fsp3) is 0.484. The van der Waals surface area contributed by atoms with Crippen LogP contribution in [0.5, 0.6) is 0 Å². The van der Waals surface area contributed by atoms with Crippen molar-refractivity contribution in [3.05, 3.63) is 75.5 Å². The van der Waals surface area contributed by atoms with E-state index in [2.05, 4.69) is 64.0 Å². The lowest BCUT2D eigenvalue weighted by atomic mass is 9.93. The van der Waals surface area contributed by atoms with E-state index in [-0.39, 0.29) is 30.1 Å². The van der Waals surface area contributed by atoms with Crippen molar-refractivity contribution in [2.24, 2.45) is 0 Å². The second-order valence-corrected chi connectivity index (χ2v) is 13.0. The molecule has 0 aliphatic carbocycles. The van der Waals surface area contributed by atoms with Gasteiger partial charge in [-0.3, -0.25) is 9.69 Å². The van der Waals surface area contributed by atoms with E-state index in [1.54, 1.807) is 9.58 Å². The molecule has 1 unspecified atom stereocenters. The number of carbonyl (C=O) groups is 2. The number of carbonyl (C=O) groups excluding carboxylic acids is 2. The molecule has 3 atom stereocenters. The van der Waals surface area contributed by atoms with Crippen LogP contribution in [0.15, 0.2) is 53.1 Å². The normalized spacial score (nSPS) is 21.5. The van der Waals surface area contributed by atoms with Gasteiger partial charge in [-0.25, -0.2) is 9.48 Å². The monoisotopic (exact) mass is 622 g/mol. The third-order valence-corrected chi connectivity index (χ3v) is 8.62. The van der Waals surface area contributed by atoms with Gasteiger partial charge in [-0.1, -0.05) is 33.3 Å². The number of ether oxygens (including phenoxy) is 1. The summed E-state index contributed by atoms with van der Waals surface area (Å²) in [7, 11) is 0. The second kappa shape index (κ2) is 11.6. The molecular formula is C31H39BrN6O3. The quantitative estimate of drug-likeness (QED) is 0.376. The molecule has 0 N–H and O–H groups in total. The molecule has 0 radical (unpaired) electrons. The number of rotatable bonds is 4. The summed E-state index contributed by atoms with van der Waals surface area (Å²) >= 11 is 3.67. The molecule has 3 aromatic rings. The van der Waals surface area contributed by atoms with Crippen molar-refractivity contribution in [1.29, 1.82) is 0 Å². The number of amides is 2. The number of benzene rings is 2. The van der Waals surface area contributed by atoms with Gasteiger partial charge < -0.3 is 14.5 Å². The van der Waals surface area contributed by atoms with Crippen molar-refractivity contribution in [2.45, 2.75) is 78.2 Å². The second-order valence-electron chi connectivity index (χ2n) is 12.2. The highest BCUT2D eigenvalue weighted by atomic mass is 79.9. The van der Waals surface area contributed by atoms with Gasteiger partial charge in [0, 0.05) is 48.3 Å². The Kier molecular flexibility index (Phi) is 8.25. The number of aromatic nitrogens is 3. The van der Waals surface area contributed by atoms with Crippen molar-refractivity contribution in [1.82, 2.24) is 29.7 Å². The van der Waals surface area contributed by atoms with Crippen LogP contribution in [0.1, 0.15) is 74.8 Å². The predicted octanol–water partition coefficient (Wildman–Crippen LogP) is 5.62. The summed E-state index contributed by atoms with van der Waals surface area (Å²) in [6.07, 6.45) is 2.51. The van der Waals surface area contributed by atoms with Crippen LogP contribution in [0.25, 0.3) is 5.69 Å². The van der Waals surface area contributed by atoms with Crippen LogP contribution in [0.4, 0.5) is 4.79 Å². The Morgan fingerprint density at radius 1 is 1.02 bits per heavy atom. The molecule has 218 valence electrons. The Hall–Kier alpha value is -3.24. The van der Waals surface area contributed by atoms with E-state index in [9.17, 15) is 9.59 Å². The standard InChI is InChI=1S/C31H39BrN6O3/c1-20-16-35(30(40)41-31(4,5)6)17-21(2)37(20)18-25-19-38(34-33-25)26-12-10-24(11-13-26)29(39)36-15-14-23-8-7-9-27(32)28(23)22(36)3/h7-13,19-22H,14-18H2,1-6H3/t20-,21+,22?. The van der Waals surface area contributed by atoms with Crippen molar-refractivity contribution < 1.29 is 14.3 Å². The molecule has 2 amide bonds. The maximum absolute atomic E-state index is 13.4.